The molecule has 1 aliphatic heterocycles. The summed E-state index contributed by atoms with van der Waals surface area (Å²) in [7, 11) is 0. The fourth-order valence-corrected chi connectivity index (χ4v) is 3.71. The number of morpholine rings is 1. The van der Waals surface area contributed by atoms with E-state index in [1.54, 1.807) is 0 Å². The van der Waals surface area contributed by atoms with E-state index in [0.717, 1.165) is 37.3 Å². The van der Waals surface area contributed by atoms with Gasteiger partial charge in [-0.1, -0.05) is 72.8 Å². The Morgan fingerprint density at radius 3 is 1.94 bits per heavy atom. The van der Waals surface area contributed by atoms with E-state index in [-0.39, 0.29) is 5.91 Å². The Kier molecular flexibility index (Phi) is 7.45. The van der Waals surface area contributed by atoms with Gasteiger partial charge in [0.15, 0.2) is 0 Å². The lowest BCUT2D eigenvalue weighted by Gasteiger charge is -2.37. The summed E-state index contributed by atoms with van der Waals surface area (Å²) in [6.45, 7) is 4.87. The van der Waals surface area contributed by atoms with Crippen LogP contribution in [0, 0.1) is 0 Å². The van der Waals surface area contributed by atoms with Crippen LogP contribution in [0.25, 0.3) is 0 Å². The second-order valence-electron chi connectivity index (χ2n) is 7.70. The zero-order valence-corrected chi connectivity index (χ0v) is 17.7. The van der Waals surface area contributed by atoms with Gasteiger partial charge in [0.2, 0.25) is 0 Å². The summed E-state index contributed by atoms with van der Waals surface area (Å²) < 4.78 is 5.48. The molecule has 0 atom stereocenters. The zero-order chi connectivity index (χ0) is 21.3. The Morgan fingerprint density at radius 1 is 0.774 bits per heavy atom. The highest BCUT2D eigenvalue weighted by Gasteiger charge is 2.24. The maximum Gasteiger partial charge on any atom is 0.268 e. The van der Waals surface area contributed by atoms with E-state index < -0.39 is 0 Å². The molecule has 4 rings (SSSR count). The summed E-state index contributed by atoms with van der Waals surface area (Å²) in [5.41, 5.74) is 4.24. The molecular weight excluding hydrogens is 386 g/mol. The van der Waals surface area contributed by atoms with Crippen molar-refractivity contribution in [2.24, 2.45) is 0 Å². The normalized spacial score (nSPS) is 14.3. The molecule has 0 unspecified atom stereocenters. The molecular formula is C26H29N3O2. The summed E-state index contributed by atoms with van der Waals surface area (Å²) in [5.74, 6) is 0.0227. The van der Waals surface area contributed by atoms with Gasteiger partial charge in [-0.2, -0.15) is 0 Å². The fourth-order valence-electron chi connectivity index (χ4n) is 3.71. The number of nitrogens with zero attached hydrogens (tertiary/aromatic N) is 2. The minimum absolute atomic E-state index is 0.0227. The van der Waals surface area contributed by atoms with Gasteiger partial charge in [-0.05, 0) is 28.8 Å². The molecule has 0 aromatic heterocycles. The molecule has 0 saturated carbocycles. The van der Waals surface area contributed by atoms with Gasteiger partial charge in [0.1, 0.15) is 0 Å². The molecule has 5 nitrogen and oxygen atoms in total. The van der Waals surface area contributed by atoms with Crippen molar-refractivity contribution >= 4 is 5.91 Å². The molecule has 1 N–H and O–H groups in total. The van der Waals surface area contributed by atoms with Gasteiger partial charge in [0, 0.05) is 31.7 Å². The molecule has 1 saturated heterocycles. The van der Waals surface area contributed by atoms with Crippen LogP contribution in [0.3, 0.4) is 0 Å². The molecule has 5 heteroatoms. The maximum absolute atomic E-state index is 13.4. The quantitative estimate of drug-likeness (QED) is 0.607. The van der Waals surface area contributed by atoms with Crippen molar-refractivity contribution in [1.82, 2.24) is 15.3 Å². The van der Waals surface area contributed by atoms with Gasteiger partial charge in [-0.25, -0.2) is 5.01 Å². The van der Waals surface area contributed by atoms with Crippen molar-refractivity contribution < 1.29 is 9.53 Å². The predicted octanol–water partition coefficient (Wildman–Crippen LogP) is 3.87. The smallest absolute Gasteiger partial charge is 0.268 e. The maximum atomic E-state index is 13.4. The van der Waals surface area contributed by atoms with E-state index >= 15 is 0 Å². The number of benzene rings is 3. The van der Waals surface area contributed by atoms with Crippen molar-refractivity contribution in [3.8, 4) is 0 Å². The Balaban J connectivity index is 1.41. The number of carbonyl (C=O) groups is 1. The van der Waals surface area contributed by atoms with Crippen molar-refractivity contribution in [3.63, 3.8) is 0 Å². The average Bonchev–Trinajstić information content (AvgIpc) is 2.84. The fraction of sp³-hybridized carbons (Fsp3) is 0.269. The van der Waals surface area contributed by atoms with Crippen molar-refractivity contribution in [2.75, 3.05) is 26.3 Å². The molecule has 3 aromatic rings. The third-order valence-electron chi connectivity index (χ3n) is 5.44. The molecule has 31 heavy (non-hydrogen) atoms. The molecule has 0 bridgehead atoms. The van der Waals surface area contributed by atoms with Crippen LogP contribution in [0.5, 0.6) is 0 Å². The number of rotatable bonds is 8. The van der Waals surface area contributed by atoms with Gasteiger partial charge >= 0.3 is 0 Å². The standard InChI is InChI=1S/C26H29N3O2/c30-26(29(28-15-17-31-18-16-28)21-24-9-5-2-6-10-24)25-13-11-23(12-14-25)20-27-19-22-7-3-1-4-8-22/h1-14,27H,15-21H2. The molecule has 1 heterocycles. The summed E-state index contributed by atoms with van der Waals surface area (Å²) in [6, 6.07) is 28.4. The van der Waals surface area contributed by atoms with Gasteiger partial charge in [-0.3, -0.25) is 9.80 Å². The third-order valence-corrected chi connectivity index (χ3v) is 5.44. The predicted molar refractivity (Wildman–Crippen MR) is 122 cm³/mol. The molecule has 0 aliphatic carbocycles. The molecule has 0 radical (unpaired) electrons. The number of hydrogen-bond donors (Lipinski definition) is 1. The van der Waals surface area contributed by atoms with E-state index in [2.05, 4.69) is 34.6 Å². The minimum atomic E-state index is 0.0227. The summed E-state index contributed by atoms with van der Waals surface area (Å²) >= 11 is 0. The van der Waals surface area contributed by atoms with Gasteiger partial charge in [0.25, 0.3) is 5.91 Å². The Labute approximate surface area is 184 Å². The molecule has 3 aromatic carbocycles. The van der Waals surface area contributed by atoms with Crippen LogP contribution in [-0.4, -0.2) is 42.2 Å². The van der Waals surface area contributed by atoms with Gasteiger partial charge in [-0.15, -0.1) is 0 Å². The van der Waals surface area contributed by atoms with Crippen LogP contribution in [0.1, 0.15) is 27.0 Å². The molecule has 160 valence electrons. The van der Waals surface area contributed by atoms with E-state index in [0.29, 0.717) is 25.3 Å². The molecule has 1 amide bonds. The first-order valence-electron chi connectivity index (χ1n) is 10.8. The first kappa shape index (κ1) is 21.2. The highest BCUT2D eigenvalue weighted by Crippen LogP contribution is 2.15. The second-order valence-corrected chi connectivity index (χ2v) is 7.70. The van der Waals surface area contributed by atoms with E-state index in [9.17, 15) is 4.79 Å². The second kappa shape index (κ2) is 10.9. The third kappa shape index (κ3) is 6.01. The largest absolute Gasteiger partial charge is 0.379 e. The zero-order valence-electron chi connectivity index (χ0n) is 17.7. The number of nitrogens with one attached hydrogen (secondary N) is 1. The number of carbonyl (C=O) groups excluding carboxylic acids is 1. The minimum Gasteiger partial charge on any atom is -0.379 e. The monoisotopic (exact) mass is 415 g/mol. The molecule has 1 fully saturated rings. The molecule has 1 aliphatic rings. The lowest BCUT2D eigenvalue weighted by molar-refractivity contribution is -0.0739. The van der Waals surface area contributed by atoms with Crippen molar-refractivity contribution in [1.29, 1.82) is 0 Å². The van der Waals surface area contributed by atoms with Crippen LogP contribution < -0.4 is 5.32 Å². The lowest BCUT2D eigenvalue weighted by Crippen LogP contribution is -2.51. The average molecular weight is 416 g/mol. The molecule has 0 spiro atoms. The van der Waals surface area contributed by atoms with Gasteiger partial charge in [0.05, 0.1) is 19.8 Å². The number of ether oxygens (including phenoxy) is 1. The van der Waals surface area contributed by atoms with Crippen LogP contribution in [0.15, 0.2) is 84.9 Å². The number of hydrogen-bond acceptors (Lipinski definition) is 4. The van der Waals surface area contributed by atoms with Crippen molar-refractivity contribution in [3.05, 3.63) is 107 Å². The summed E-state index contributed by atoms with van der Waals surface area (Å²) in [5, 5.41) is 7.42. The SMILES string of the molecule is O=C(c1ccc(CNCc2ccccc2)cc1)N(Cc1ccccc1)N1CCOCC1. The Bertz CT molecular complexity index is 939. The van der Waals surface area contributed by atoms with Crippen LogP contribution in [0.2, 0.25) is 0 Å². The number of amides is 1. The topological polar surface area (TPSA) is 44.8 Å². The number of hydrazine groups is 1. The highest BCUT2D eigenvalue weighted by molar-refractivity contribution is 5.93. The van der Waals surface area contributed by atoms with Crippen LogP contribution in [-0.2, 0) is 24.4 Å². The van der Waals surface area contributed by atoms with Gasteiger partial charge < -0.3 is 10.1 Å². The first-order valence-corrected chi connectivity index (χ1v) is 10.8. The summed E-state index contributed by atoms with van der Waals surface area (Å²) in [4.78, 5) is 13.4. The highest BCUT2D eigenvalue weighted by atomic mass is 16.5. The lowest BCUT2D eigenvalue weighted by atomic mass is 10.1. The van der Waals surface area contributed by atoms with E-state index in [4.69, 9.17) is 4.74 Å². The Morgan fingerprint density at radius 2 is 1.32 bits per heavy atom. The Hall–Kier alpha value is -2.99. The van der Waals surface area contributed by atoms with Crippen LogP contribution >= 0.6 is 0 Å². The van der Waals surface area contributed by atoms with Crippen LogP contribution in [0.4, 0.5) is 0 Å². The van der Waals surface area contributed by atoms with E-state index in [1.165, 1.54) is 5.56 Å². The van der Waals surface area contributed by atoms with E-state index in [1.807, 2.05) is 65.7 Å². The van der Waals surface area contributed by atoms with Crippen molar-refractivity contribution in [2.45, 2.75) is 19.6 Å². The first-order chi connectivity index (χ1) is 15.3. The summed E-state index contributed by atoms with van der Waals surface area (Å²) in [6.07, 6.45) is 0.